The molecule has 0 amide bonds. The maximum absolute atomic E-state index is 11.3. The third kappa shape index (κ3) is 2.36. The minimum absolute atomic E-state index is 0.129. The summed E-state index contributed by atoms with van der Waals surface area (Å²) in [6.45, 7) is 1.80. The molecule has 82 valence electrons. The monoisotopic (exact) mass is 224 g/mol. The number of hydrogen-bond acceptors (Lipinski definition) is 6. The van der Waals surface area contributed by atoms with Crippen molar-refractivity contribution in [3.8, 4) is 0 Å². The average Bonchev–Trinajstić information content (AvgIpc) is 2.11. The van der Waals surface area contributed by atoms with E-state index in [2.05, 4.69) is 13.7 Å². The van der Waals surface area contributed by atoms with Crippen LogP contribution < -0.4 is 0 Å². The fraction of sp³-hybridized carbons (Fsp3) is 0.857. The molecule has 0 aliphatic carbocycles. The highest BCUT2D eigenvalue weighted by Crippen LogP contribution is 2.24. The lowest BCUT2D eigenvalue weighted by Crippen LogP contribution is -2.39. The van der Waals surface area contributed by atoms with Gasteiger partial charge >= 0.3 is 16.3 Å². The quantitative estimate of drug-likeness (QED) is 0.476. The Labute approximate surface area is 82.3 Å². The predicted molar refractivity (Wildman–Crippen MR) is 45.9 cm³/mol. The van der Waals surface area contributed by atoms with E-state index in [0.29, 0.717) is 6.42 Å². The Hall–Kier alpha value is -0.820. The molecule has 2 atom stereocenters. The minimum Gasteiger partial charge on any atom is -0.438 e. The van der Waals surface area contributed by atoms with Gasteiger partial charge in [0.25, 0.3) is 0 Å². The van der Waals surface area contributed by atoms with Crippen molar-refractivity contribution in [3.05, 3.63) is 0 Å². The van der Waals surface area contributed by atoms with E-state index in [1.165, 1.54) is 0 Å². The van der Waals surface area contributed by atoms with Gasteiger partial charge in [-0.15, -0.1) is 0 Å². The van der Waals surface area contributed by atoms with E-state index in [1.54, 1.807) is 6.92 Å². The first-order chi connectivity index (χ1) is 6.47. The van der Waals surface area contributed by atoms with Crippen LogP contribution in [-0.2, 0) is 23.8 Å². The van der Waals surface area contributed by atoms with Gasteiger partial charge in [-0.3, -0.25) is 4.18 Å². The van der Waals surface area contributed by atoms with Crippen LogP contribution in [0.1, 0.15) is 13.3 Å². The van der Waals surface area contributed by atoms with Gasteiger partial charge in [-0.25, -0.2) is 4.79 Å². The fourth-order valence-electron chi connectivity index (χ4n) is 1.16. The molecule has 0 aromatic heterocycles. The summed E-state index contributed by atoms with van der Waals surface area (Å²) in [5, 5.41) is 0. The Morgan fingerprint density at radius 3 is 2.64 bits per heavy atom. The van der Waals surface area contributed by atoms with Crippen LogP contribution >= 0.6 is 0 Å². The molecule has 1 fully saturated rings. The Morgan fingerprint density at radius 1 is 1.50 bits per heavy atom. The number of hydrogen-bond donors (Lipinski definition) is 0. The van der Waals surface area contributed by atoms with Crippen LogP contribution in [-0.4, -0.2) is 33.7 Å². The number of carbonyl (C=O) groups excluding carboxylic acids is 1. The van der Waals surface area contributed by atoms with Crippen molar-refractivity contribution in [3.63, 3.8) is 0 Å². The van der Waals surface area contributed by atoms with Crippen molar-refractivity contribution >= 4 is 16.3 Å². The molecule has 7 heteroatoms. The highest BCUT2D eigenvalue weighted by Gasteiger charge is 2.39. The zero-order chi connectivity index (χ0) is 10.8. The lowest BCUT2D eigenvalue weighted by molar-refractivity contribution is 0.0298. The van der Waals surface area contributed by atoms with Crippen LogP contribution in [0, 0.1) is 5.92 Å². The van der Waals surface area contributed by atoms with E-state index >= 15 is 0 Å². The van der Waals surface area contributed by atoms with Gasteiger partial charge in [0, 0.05) is 5.92 Å². The second kappa shape index (κ2) is 4.14. The summed E-state index contributed by atoms with van der Waals surface area (Å²) in [4.78, 5) is 10.7. The van der Waals surface area contributed by atoms with E-state index in [4.69, 9.17) is 0 Å². The summed E-state index contributed by atoms with van der Waals surface area (Å²) in [6, 6.07) is 0. The molecule has 0 spiro atoms. The van der Waals surface area contributed by atoms with Crippen LogP contribution in [0.15, 0.2) is 0 Å². The van der Waals surface area contributed by atoms with Crippen molar-refractivity contribution in [1.29, 1.82) is 0 Å². The lowest BCUT2D eigenvalue weighted by Gasteiger charge is -2.26. The van der Waals surface area contributed by atoms with Gasteiger partial charge < -0.3 is 9.47 Å². The number of methoxy groups -OCH3 is 1. The molecular formula is C7H12O6S. The molecule has 2 unspecified atom stereocenters. The maximum atomic E-state index is 11.3. The Balaban J connectivity index is 2.76. The van der Waals surface area contributed by atoms with E-state index in [0.717, 1.165) is 7.11 Å². The van der Waals surface area contributed by atoms with E-state index in [9.17, 15) is 13.2 Å². The summed E-state index contributed by atoms with van der Waals surface area (Å²) >= 11 is 0. The molecule has 0 N–H and O–H groups in total. The molecule has 0 aromatic carbocycles. The van der Waals surface area contributed by atoms with Crippen LogP contribution in [0.5, 0.6) is 0 Å². The molecular weight excluding hydrogens is 212 g/mol. The molecule has 0 bridgehead atoms. The van der Waals surface area contributed by atoms with Gasteiger partial charge in [-0.1, -0.05) is 6.92 Å². The summed E-state index contributed by atoms with van der Waals surface area (Å²) in [7, 11) is -2.69. The van der Waals surface area contributed by atoms with Gasteiger partial charge in [-0.2, -0.15) is 8.42 Å². The molecule has 1 aliphatic rings. The smallest absolute Gasteiger partial charge is 0.438 e. The Morgan fingerprint density at radius 2 is 2.14 bits per heavy atom. The van der Waals surface area contributed by atoms with Crippen molar-refractivity contribution in [1.82, 2.24) is 0 Å². The average molecular weight is 224 g/mol. The van der Waals surface area contributed by atoms with Gasteiger partial charge in [0.1, 0.15) is 0 Å². The van der Waals surface area contributed by atoms with Crippen molar-refractivity contribution in [2.24, 2.45) is 5.92 Å². The topological polar surface area (TPSA) is 78.9 Å². The van der Waals surface area contributed by atoms with Gasteiger partial charge in [-0.05, 0) is 6.42 Å². The third-order valence-electron chi connectivity index (χ3n) is 1.95. The molecule has 0 saturated carbocycles. The number of carbonyl (C=O) groups is 1. The SMILES string of the molecule is COC(=O)OC1C(C)CCOS1(=O)=O. The summed E-state index contributed by atoms with van der Waals surface area (Å²) in [6.07, 6.45) is -0.489. The molecule has 0 aromatic rings. The second-order valence-electron chi connectivity index (χ2n) is 3.02. The minimum atomic E-state index is -3.80. The molecule has 0 radical (unpaired) electrons. The zero-order valence-corrected chi connectivity index (χ0v) is 8.74. The number of ether oxygens (including phenoxy) is 2. The highest BCUT2D eigenvalue weighted by molar-refractivity contribution is 7.87. The highest BCUT2D eigenvalue weighted by atomic mass is 32.2. The van der Waals surface area contributed by atoms with E-state index in [-0.39, 0.29) is 12.5 Å². The number of rotatable bonds is 1. The Kier molecular flexibility index (Phi) is 3.33. The van der Waals surface area contributed by atoms with E-state index in [1.807, 2.05) is 0 Å². The normalized spacial score (nSPS) is 30.7. The first-order valence-corrected chi connectivity index (χ1v) is 5.57. The first kappa shape index (κ1) is 11.3. The van der Waals surface area contributed by atoms with Crippen molar-refractivity contribution < 1.29 is 26.9 Å². The van der Waals surface area contributed by atoms with Crippen molar-refractivity contribution in [2.45, 2.75) is 18.8 Å². The summed E-state index contributed by atoms with van der Waals surface area (Å²) in [5.74, 6) is -0.284. The predicted octanol–water partition coefficient (Wildman–Crippen LogP) is 0.482. The van der Waals surface area contributed by atoms with Crippen molar-refractivity contribution in [2.75, 3.05) is 13.7 Å². The molecule has 6 nitrogen and oxygen atoms in total. The molecule has 1 saturated heterocycles. The maximum Gasteiger partial charge on any atom is 0.509 e. The molecule has 1 aliphatic heterocycles. The molecule has 1 rings (SSSR count). The van der Waals surface area contributed by atoms with Crippen LogP contribution in [0.4, 0.5) is 4.79 Å². The van der Waals surface area contributed by atoms with E-state index < -0.39 is 21.7 Å². The Bertz CT molecular complexity index is 308. The zero-order valence-electron chi connectivity index (χ0n) is 7.93. The summed E-state index contributed by atoms with van der Waals surface area (Å²) < 4.78 is 35.9. The first-order valence-electron chi connectivity index (χ1n) is 4.10. The molecule has 1 heterocycles. The van der Waals surface area contributed by atoms with Crippen LogP contribution in [0.2, 0.25) is 0 Å². The van der Waals surface area contributed by atoms with Gasteiger partial charge in [0.2, 0.25) is 5.44 Å². The van der Waals surface area contributed by atoms with Crippen LogP contribution in [0.3, 0.4) is 0 Å². The largest absolute Gasteiger partial charge is 0.509 e. The van der Waals surface area contributed by atoms with Crippen LogP contribution in [0.25, 0.3) is 0 Å². The van der Waals surface area contributed by atoms with Gasteiger partial charge in [0.15, 0.2) is 0 Å². The molecule has 14 heavy (non-hydrogen) atoms. The lowest BCUT2D eigenvalue weighted by atomic mass is 10.1. The fourth-order valence-corrected chi connectivity index (χ4v) is 2.52. The second-order valence-corrected chi connectivity index (χ2v) is 4.71. The standard InChI is InChI=1S/C7H12O6S/c1-5-3-4-12-14(9,10)6(5)13-7(8)11-2/h5-6H,3-4H2,1-2H3. The summed E-state index contributed by atoms with van der Waals surface area (Å²) in [5.41, 5.74) is -1.26. The third-order valence-corrected chi connectivity index (χ3v) is 3.57. The van der Waals surface area contributed by atoms with Gasteiger partial charge in [0.05, 0.1) is 13.7 Å².